The van der Waals surface area contributed by atoms with Crippen LogP contribution in [0.4, 0.5) is 11.4 Å². The molecule has 0 unspecified atom stereocenters. The first-order valence-electron chi connectivity index (χ1n) is 16.2. The lowest BCUT2D eigenvalue weighted by Crippen LogP contribution is -2.40. The highest BCUT2D eigenvalue weighted by Crippen LogP contribution is 2.31. The van der Waals surface area contributed by atoms with Crippen LogP contribution in [0, 0.1) is 0 Å². The van der Waals surface area contributed by atoms with Gasteiger partial charge in [0.2, 0.25) is 0 Å². The Kier molecular flexibility index (Phi) is 14.0. The van der Waals surface area contributed by atoms with E-state index in [9.17, 15) is 0 Å². The van der Waals surface area contributed by atoms with E-state index in [1.165, 1.54) is 0 Å². The molecule has 47 heavy (non-hydrogen) atoms. The van der Waals surface area contributed by atoms with Gasteiger partial charge in [0.15, 0.2) is 0 Å². The molecule has 0 spiro atoms. The molecule has 5 rings (SSSR count). The normalized spacial score (nSPS) is 13.1. The number of para-hydroxylation sites is 2. The first kappa shape index (κ1) is 36.3. The van der Waals surface area contributed by atoms with Crippen molar-refractivity contribution >= 4 is 45.6 Å². The summed E-state index contributed by atoms with van der Waals surface area (Å²) in [5.41, 5.74) is 6.60. The fourth-order valence-corrected chi connectivity index (χ4v) is 5.36. The van der Waals surface area contributed by atoms with Gasteiger partial charge in [-0.25, -0.2) is 4.98 Å². The van der Waals surface area contributed by atoms with Crippen molar-refractivity contribution in [1.29, 1.82) is 0 Å². The molecular weight excluding hydrogens is 631 g/mol. The van der Waals surface area contributed by atoms with Crippen LogP contribution in [-0.4, -0.2) is 64.2 Å². The summed E-state index contributed by atoms with van der Waals surface area (Å²) in [6.45, 7) is 10.3. The molecule has 8 nitrogen and oxygen atoms in total. The van der Waals surface area contributed by atoms with Gasteiger partial charge in [0, 0.05) is 52.6 Å². The summed E-state index contributed by atoms with van der Waals surface area (Å²) in [6.07, 6.45) is 1.88. The molecule has 0 saturated carbocycles. The van der Waals surface area contributed by atoms with Crippen molar-refractivity contribution < 1.29 is 10.2 Å². The average Bonchev–Trinajstić information content (AvgIpc) is 3.07. The summed E-state index contributed by atoms with van der Waals surface area (Å²) >= 11 is 12.2. The predicted molar refractivity (Wildman–Crippen MR) is 196 cm³/mol. The van der Waals surface area contributed by atoms with Crippen LogP contribution in [0.15, 0.2) is 89.9 Å². The maximum Gasteiger partial charge on any atom is 0.0900 e. The van der Waals surface area contributed by atoms with E-state index < -0.39 is 0 Å². The summed E-state index contributed by atoms with van der Waals surface area (Å²) < 4.78 is 2.21. The highest BCUT2D eigenvalue weighted by molar-refractivity contribution is 6.30. The van der Waals surface area contributed by atoms with Crippen LogP contribution in [-0.2, 0) is 0 Å². The topological polar surface area (TPSA) is 107 Å². The number of aliphatic hydroxyl groups is 2. The van der Waals surface area contributed by atoms with E-state index >= 15 is 0 Å². The second-order valence-electron chi connectivity index (χ2n) is 11.6. The Balaban J connectivity index is 0.000000304. The molecular formula is C37H46Cl2N6O2. The molecule has 3 aromatic rings. The van der Waals surface area contributed by atoms with Gasteiger partial charge in [-0.1, -0.05) is 49.2 Å². The van der Waals surface area contributed by atoms with E-state index in [1.54, 1.807) is 0 Å². The maximum absolute atomic E-state index is 8.90. The number of hydrogen-bond acceptors (Lipinski definition) is 7. The Morgan fingerprint density at radius 3 is 1.91 bits per heavy atom. The van der Waals surface area contributed by atoms with Gasteiger partial charge >= 0.3 is 0 Å². The Labute approximate surface area is 287 Å². The molecule has 3 aromatic carbocycles. The van der Waals surface area contributed by atoms with Crippen LogP contribution in [0.3, 0.4) is 0 Å². The summed E-state index contributed by atoms with van der Waals surface area (Å²) in [7, 11) is 0. The SMILES string of the molecule is CC(C)/N=c1\cc2n(-c3ccc(Cl)cc3)c3ccccc3nc-2cc1Nc1ccc(Cl)cc1.CC[C@@H](CO)NCCN[C@@H](CC)CO. The summed E-state index contributed by atoms with van der Waals surface area (Å²) in [4.78, 5) is 9.87. The molecule has 2 atom stereocenters. The minimum Gasteiger partial charge on any atom is -0.395 e. The van der Waals surface area contributed by atoms with Gasteiger partial charge in [0.05, 0.1) is 46.7 Å². The molecule has 5 N–H and O–H groups in total. The van der Waals surface area contributed by atoms with Gasteiger partial charge in [-0.3, -0.25) is 4.99 Å². The molecule has 0 radical (unpaired) electrons. The van der Waals surface area contributed by atoms with Crippen LogP contribution < -0.4 is 21.3 Å². The van der Waals surface area contributed by atoms with E-state index in [1.807, 2.05) is 80.6 Å². The Hall–Kier alpha value is -3.50. The van der Waals surface area contributed by atoms with E-state index in [-0.39, 0.29) is 31.3 Å². The van der Waals surface area contributed by atoms with Crippen LogP contribution in [0.5, 0.6) is 0 Å². The molecule has 0 aromatic heterocycles. The quantitative estimate of drug-likeness (QED) is 0.0667. The van der Waals surface area contributed by atoms with Crippen molar-refractivity contribution in [2.75, 3.05) is 31.6 Å². The zero-order chi connectivity index (χ0) is 33.8. The van der Waals surface area contributed by atoms with Gasteiger partial charge in [-0.15, -0.1) is 0 Å². The standard InChI is InChI=1S/C27H22Cl2N4.C10H24N2O2/c1-17(2)30-24-16-27-25(15-23(24)31-20-11-7-18(28)8-12-20)32-22-5-3-4-6-26(22)33(27)21-13-9-19(29)10-14-21;1-3-9(7-13)11-5-6-12-10(4-2)8-14/h3-17,31H,1-2H3;9-14H,3-8H2,1-2H3/b30-24+;/t;9-,10-/m.0/s1. The second-order valence-corrected chi connectivity index (χ2v) is 12.5. The number of aliphatic hydroxyl groups excluding tert-OH is 2. The fourth-order valence-electron chi connectivity index (χ4n) is 5.11. The number of nitrogens with one attached hydrogen (secondary N) is 3. The number of benzene rings is 4. The van der Waals surface area contributed by atoms with E-state index in [0.717, 1.165) is 70.8 Å². The largest absolute Gasteiger partial charge is 0.395 e. The van der Waals surface area contributed by atoms with E-state index in [2.05, 4.69) is 52.6 Å². The summed E-state index contributed by atoms with van der Waals surface area (Å²) in [6, 6.07) is 28.3. The first-order valence-corrected chi connectivity index (χ1v) is 17.0. The van der Waals surface area contributed by atoms with Crippen molar-refractivity contribution in [3.8, 4) is 17.1 Å². The van der Waals surface area contributed by atoms with Crippen molar-refractivity contribution in [3.63, 3.8) is 0 Å². The lowest BCUT2D eigenvalue weighted by atomic mass is 10.1. The molecule has 10 heteroatoms. The first-order chi connectivity index (χ1) is 22.8. The number of hydrogen-bond donors (Lipinski definition) is 5. The van der Waals surface area contributed by atoms with Crippen LogP contribution in [0.1, 0.15) is 40.5 Å². The van der Waals surface area contributed by atoms with Crippen molar-refractivity contribution in [1.82, 2.24) is 20.2 Å². The Morgan fingerprint density at radius 2 is 1.36 bits per heavy atom. The smallest absolute Gasteiger partial charge is 0.0900 e. The highest BCUT2D eigenvalue weighted by atomic mass is 35.5. The molecule has 1 aliphatic carbocycles. The number of aromatic nitrogens is 2. The zero-order valence-electron chi connectivity index (χ0n) is 27.5. The van der Waals surface area contributed by atoms with Gasteiger partial charge in [-0.2, -0.15) is 0 Å². The van der Waals surface area contributed by atoms with Gasteiger partial charge in [-0.05, 0) is 99.5 Å². The zero-order valence-corrected chi connectivity index (χ0v) is 29.1. The second kappa shape index (κ2) is 18.2. The number of anilines is 2. The van der Waals surface area contributed by atoms with Crippen molar-refractivity contribution in [2.24, 2.45) is 4.99 Å². The Morgan fingerprint density at radius 1 is 0.787 bits per heavy atom. The number of halogens is 2. The number of fused-ring (bicyclic) bond motifs is 2. The molecule has 0 saturated heterocycles. The molecule has 250 valence electrons. The van der Waals surface area contributed by atoms with E-state index in [0.29, 0.717) is 10.0 Å². The summed E-state index contributed by atoms with van der Waals surface area (Å²) in [5, 5.41) is 30.0. The Bertz CT molecular complexity index is 1700. The lowest BCUT2D eigenvalue weighted by molar-refractivity contribution is 0.229. The van der Waals surface area contributed by atoms with Crippen molar-refractivity contribution in [3.05, 3.63) is 100 Å². The van der Waals surface area contributed by atoms with Crippen LogP contribution in [0.2, 0.25) is 10.0 Å². The van der Waals surface area contributed by atoms with Gasteiger partial charge in [0.25, 0.3) is 0 Å². The third-order valence-corrected chi connectivity index (χ3v) is 8.22. The minimum absolute atomic E-state index is 0.130. The van der Waals surface area contributed by atoms with E-state index in [4.69, 9.17) is 43.4 Å². The molecule has 1 aliphatic heterocycles. The molecule has 1 heterocycles. The predicted octanol–water partition coefficient (Wildman–Crippen LogP) is 7.20. The van der Waals surface area contributed by atoms with Crippen LogP contribution in [0.25, 0.3) is 28.1 Å². The monoisotopic (exact) mass is 676 g/mol. The summed E-state index contributed by atoms with van der Waals surface area (Å²) in [5.74, 6) is 0. The van der Waals surface area contributed by atoms with Crippen molar-refractivity contribution in [2.45, 2.75) is 58.7 Å². The van der Waals surface area contributed by atoms with Crippen LogP contribution >= 0.6 is 23.2 Å². The number of nitrogens with zero attached hydrogens (tertiary/aromatic N) is 3. The molecule has 2 aliphatic rings. The lowest BCUT2D eigenvalue weighted by Gasteiger charge is -2.20. The maximum atomic E-state index is 8.90. The highest BCUT2D eigenvalue weighted by Gasteiger charge is 2.17. The minimum atomic E-state index is 0.130. The third-order valence-electron chi connectivity index (χ3n) is 7.72. The molecule has 0 fully saturated rings. The number of rotatable bonds is 13. The fraction of sp³-hybridized carbons (Fsp3) is 0.351. The molecule has 0 amide bonds. The van der Waals surface area contributed by atoms with Gasteiger partial charge < -0.3 is 30.7 Å². The average molecular weight is 678 g/mol. The van der Waals surface area contributed by atoms with Gasteiger partial charge in [0.1, 0.15) is 0 Å². The molecule has 0 bridgehead atoms. The third kappa shape index (κ3) is 10.2.